The number of aliphatic hydroxyl groups excluding tert-OH is 1. The highest BCUT2D eigenvalue weighted by molar-refractivity contribution is 9.10. The molecule has 0 fully saturated rings. The Kier molecular flexibility index (Phi) is 4.37. The zero-order valence-corrected chi connectivity index (χ0v) is 7.24. The van der Waals surface area contributed by atoms with Gasteiger partial charge < -0.3 is 5.11 Å². The van der Waals surface area contributed by atoms with Gasteiger partial charge in [-0.3, -0.25) is 0 Å². The molecule has 7 heavy (non-hydrogen) atoms. The van der Waals surface area contributed by atoms with E-state index in [2.05, 4.69) is 31.9 Å². The molecule has 0 aliphatic carbocycles. The van der Waals surface area contributed by atoms with Crippen molar-refractivity contribution in [2.75, 3.05) is 5.33 Å². The molecular weight excluding hydrogens is 224 g/mol. The lowest BCUT2D eigenvalue weighted by Gasteiger charge is -2.06. The summed E-state index contributed by atoms with van der Waals surface area (Å²) in [5.74, 6) is 0.292. The highest BCUT2D eigenvalue weighted by Gasteiger charge is 2.06. The Bertz CT molecular complexity index is 47.0. The molecule has 0 amide bonds. The highest BCUT2D eigenvalue weighted by Crippen LogP contribution is 2.10. The first-order valence-electron chi connectivity index (χ1n) is 2.06. The molecule has 0 saturated heterocycles. The Morgan fingerprint density at radius 1 is 1.71 bits per heavy atom. The van der Waals surface area contributed by atoms with Crippen LogP contribution in [-0.4, -0.2) is 15.4 Å². The second-order valence-corrected chi connectivity index (χ2v) is 3.09. The SMILES string of the molecule is CC(CBr)C(O)Br. The fraction of sp³-hybridized carbons (Fsp3) is 1.00. The van der Waals surface area contributed by atoms with Crippen LogP contribution in [0.4, 0.5) is 0 Å². The monoisotopic (exact) mass is 230 g/mol. The van der Waals surface area contributed by atoms with Gasteiger partial charge in [0.1, 0.15) is 5.01 Å². The molecule has 0 radical (unpaired) electrons. The molecule has 0 rings (SSSR count). The van der Waals surface area contributed by atoms with Crippen molar-refractivity contribution in [1.29, 1.82) is 0 Å². The average molecular weight is 232 g/mol. The van der Waals surface area contributed by atoms with Gasteiger partial charge in [-0.15, -0.1) is 0 Å². The molecule has 0 aliphatic heterocycles. The molecule has 0 aromatic rings. The number of hydrogen-bond acceptors (Lipinski definition) is 1. The summed E-state index contributed by atoms with van der Waals surface area (Å²) in [4.78, 5) is 0. The minimum Gasteiger partial charge on any atom is -0.382 e. The Hall–Kier alpha value is 0.920. The van der Waals surface area contributed by atoms with E-state index in [9.17, 15) is 0 Å². The van der Waals surface area contributed by atoms with Crippen molar-refractivity contribution in [3.05, 3.63) is 0 Å². The van der Waals surface area contributed by atoms with Gasteiger partial charge in [-0.05, 0) is 0 Å². The van der Waals surface area contributed by atoms with E-state index in [1.54, 1.807) is 0 Å². The third kappa shape index (κ3) is 3.50. The third-order valence-corrected chi connectivity index (χ3v) is 2.64. The highest BCUT2D eigenvalue weighted by atomic mass is 79.9. The van der Waals surface area contributed by atoms with Gasteiger partial charge in [0.25, 0.3) is 0 Å². The van der Waals surface area contributed by atoms with E-state index in [4.69, 9.17) is 5.11 Å². The molecule has 0 aromatic carbocycles. The topological polar surface area (TPSA) is 20.2 Å². The first-order chi connectivity index (χ1) is 3.18. The standard InChI is InChI=1S/C4H8Br2O/c1-3(2-5)4(6)7/h3-4,7H,2H2,1H3. The second-order valence-electron chi connectivity index (χ2n) is 1.50. The van der Waals surface area contributed by atoms with Crippen LogP contribution >= 0.6 is 31.9 Å². The van der Waals surface area contributed by atoms with Gasteiger partial charge in [-0.2, -0.15) is 0 Å². The lowest BCUT2D eigenvalue weighted by Crippen LogP contribution is -2.09. The maximum Gasteiger partial charge on any atom is 0.112 e. The lowest BCUT2D eigenvalue weighted by molar-refractivity contribution is 0.222. The molecule has 0 aromatic heterocycles. The minimum atomic E-state index is -0.369. The van der Waals surface area contributed by atoms with Crippen molar-refractivity contribution >= 4 is 31.9 Å². The van der Waals surface area contributed by atoms with E-state index in [0.717, 1.165) is 5.33 Å². The first kappa shape index (κ1) is 7.92. The van der Waals surface area contributed by atoms with Crippen LogP contribution in [-0.2, 0) is 0 Å². The Morgan fingerprint density at radius 3 is 2.14 bits per heavy atom. The van der Waals surface area contributed by atoms with Crippen molar-refractivity contribution in [3.8, 4) is 0 Å². The first-order valence-corrected chi connectivity index (χ1v) is 4.10. The molecule has 1 nitrogen and oxygen atoms in total. The van der Waals surface area contributed by atoms with Crippen molar-refractivity contribution in [3.63, 3.8) is 0 Å². The summed E-state index contributed by atoms with van der Waals surface area (Å²) in [7, 11) is 0. The fourth-order valence-electron chi connectivity index (χ4n) is 0.0735. The summed E-state index contributed by atoms with van der Waals surface area (Å²) in [6, 6.07) is 0. The Labute approximate surface area is 60.4 Å². The number of aliphatic hydroxyl groups is 1. The van der Waals surface area contributed by atoms with Crippen LogP contribution in [0.25, 0.3) is 0 Å². The van der Waals surface area contributed by atoms with Gasteiger partial charge in [-0.1, -0.05) is 38.8 Å². The summed E-state index contributed by atoms with van der Waals surface area (Å²) < 4.78 is 0. The zero-order valence-electron chi connectivity index (χ0n) is 4.06. The lowest BCUT2D eigenvalue weighted by atomic mass is 10.2. The molecule has 44 valence electrons. The average Bonchev–Trinajstić information content (AvgIpc) is 1.65. The van der Waals surface area contributed by atoms with Gasteiger partial charge in [-0.25, -0.2) is 0 Å². The van der Waals surface area contributed by atoms with E-state index < -0.39 is 0 Å². The molecule has 2 unspecified atom stereocenters. The van der Waals surface area contributed by atoms with Gasteiger partial charge >= 0.3 is 0 Å². The quantitative estimate of drug-likeness (QED) is 0.718. The third-order valence-electron chi connectivity index (χ3n) is 0.713. The van der Waals surface area contributed by atoms with Gasteiger partial charge in [0.2, 0.25) is 0 Å². The van der Waals surface area contributed by atoms with Crippen LogP contribution in [0.1, 0.15) is 6.92 Å². The van der Waals surface area contributed by atoms with Crippen molar-refractivity contribution in [2.45, 2.75) is 11.9 Å². The number of hydrogen-bond donors (Lipinski definition) is 1. The maximum absolute atomic E-state index is 8.71. The van der Waals surface area contributed by atoms with Crippen LogP contribution in [0.15, 0.2) is 0 Å². The predicted molar refractivity (Wildman–Crippen MR) is 37.9 cm³/mol. The van der Waals surface area contributed by atoms with Crippen LogP contribution in [0, 0.1) is 5.92 Å². The number of rotatable bonds is 2. The van der Waals surface area contributed by atoms with Crippen molar-refractivity contribution < 1.29 is 5.11 Å². The molecule has 3 heteroatoms. The Balaban J connectivity index is 3.14. The summed E-state index contributed by atoms with van der Waals surface area (Å²) in [5, 5.41) is 9.17. The largest absolute Gasteiger partial charge is 0.382 e. The van der Waals surface area contributed by atoms with Gasteiger partial charge in [0.15, 0.2) is 0 Å². The van der Waals surface area contributed by atoms with E-state index in [0.29, 0.717) is 5.92 Å². The molecule has 0 heterocycles. The molecule has 1 N–H and O–H groups in total. The molecule has 2 atom stereocenters. The fourth-order valence-corrected chi connectivity index (χ4v) is 1.12. The van der Waals surface area contributed by atoms with E-state index in [-0.39, 0.29) is 5.01 Å². The number of alkyl halides is 2. The molecule has 0 bridgehead atoms. The molecule has 0 saturated carbocycles. The summed E-state index contributed by atoms with van der Waals surface area (Å²) in [6.07, 6.45) is 0. The molecule has 0 aliphatic rings. The number of halogens is 2. The van der Waals surface area contributed by atoms with Crippen LogP contribution in [0.5, 0.6) is 0 Å². The molecule has 0 spiro atoms. The van der Waals surface area contributed by atoms with Crippen LogP contribution in [0.3, 0.4) is 0 Å². The Morgan fingerprint density at radius 2 is 2.14 bits per heavy atom. The zero-order chi connectivity index (χ0) is 5.86. The summed E-state index contributed by atoms with van der Waals surface area (Å²) in [5.41, 5.74) is 0. The van der Waals surface area contributed by atoms with E-state index in [1.165, 1.54) is 0 Å². The molecular formula is C4H8Br2O. The van der Waals surface area contributed by atoms with Crippen LogP contribution in [0.2, 0.25) is 0 Å². The maximum atomic E-state index is 8.71. The minimum absolute atomic E-state index is 0.292. The summed E-state index contributed by atoms with van der Waals surface area (Å²) in [6.45, 7) is 1.95. The smallest absolute Gasteiger partial charge is 0.112 e. The van der Waals surface area contributed by atoms with E-state index in [1.807, 2.05) is 6.92 Å². The second kappa shape index (κ2) is 3.87. The van der Waals surface area contributed by atoms with Gasteiger partial charge in [0.05, 0.1) is 0 Å². The normalized spacial score (nSPS) is 18.9. The predicted octanol–water partition coefficient (Wildman–Crippen LogP) is 1.73. The summed E-state index contributed by atoms with van der Waals surface area (Å²) >= 11 is 6.25. The van der Waals surface area contributed by atoms with E-state index >= 15 is 0 Å². The van der Waals surface area contributed by atoms with Crippen molar-refractivity contribution in [1.82, 2.24) is 0 Å². The van der Waals surface area contributed by atoms with Crippen LogP contribution < -0.4 is 0 Å². The van der Waals surface area contributed by atoms with Crippen molar-refractivity contribution in [2.24, 2.45) is 5.92 Å². The van der Waals surface area contributed by atoms with Gasteiger partial charge in [0, 0.05) is 11.2 Å².